The number of hydrogen-bond donors (Lipinski definition) is 0. The highest BCUT2D eigenvalue weighted by molar-refractivity contribution is 6.30. The van der Waals surface area contributed by atoms with Gasteiger partial charge in [0.15, 0.2) is 18.2 Å². The van der Waals surface area contributed by atoms with E-state index >= 15 is 0 Å². The van der Waals surface area contributed by atoms with Crippen LogP contribution in [0.1, 0.15) is 24.8 Å². The monoisotopic (exact) mass is 538 g/mol. The van der Waals surface area contributed by atoms with E-state index in [-0.39, 0.29) is 37.2 Å². The second-order valence-electron chi connectivity index (χ2n) is 9.80. The molecule has 38 heavy (non-hydrogen) atoms. The van der Waals surface area contributed by atoms with Gasteiger partial charge in [0.25, 0.3) is 5.91 Å². The minimum Gasteiger partial charge on any atom is -0.493 e. The van der Waals surface area contributed by atoms with Gasteiger partial charge in [0, 0.05) is 43.5 Å². The van der Waals surface area contributed by atoms with Crippen molar-refractivity contribution in [1.29, 1.82) is 0 Å². The molecule has 0 spiro atoms. The molecule has 0 saturated carbocycles. The number of carbonyl (C=O) groups excluding carboxylic acids is 2. The Kier molecular flexibility index (Phi) is 9.24. The topological polar surface area (TPSA) is 59.1 Å². The first-order chi connectivity index (χ1) is 18.3. The Balaban J connectivity index is 1.46. The van der Waals surface area contributed by atoms with Crippen molar-refractivity contribution in [2.75, 3.05) is 33.4 Å². The minimum atomic E-state index is -0.601. The molecule has 1 aliphatic heterocycles. The summed E-state index contributed by atoms with van der Waals surface area (Å²) in [6.07, 6.45) is 1.64. The van der Waals surface area contributed by atoms with Crippen LogP contribution in [0.15, 0.2) is 78.9 Å². The van der Waals surface area contributed by atoms with Gasteiger partial charge in [0.2, 0.25) is 5.91 Å². The van der Waals surface area contributed by atoms with E-state index in [4.69, 9.17) is 21.1 Å². The van der Waals surface area contributed by atoms with Gasteiger partial charge in [-0.2, -0.15) is 0 Å². The Hall–Kier alpha value is -3.58. The minimum absolute atomic E-state index is 0.0274. The van der Waals surface area contributed by atoms with E-state index in [1.165, 1.54) is 12.1 Å². The maximum Gasteiger partial charge on any atom is 0.260 e. The van der Waals surface area contributed by atoms with Gasteiger partial charge < -0.3 is 19.3 Å². The summed E-state index contributed by atoms with van der Waals surface area (Å²) in [5.74, 6) is -0.166. The van der Waals surface area contributed by atoms with E-state index in [1.54, 1.807) is 47.2 Å². The van der Waals surface area contributed by atoms with Crippen molar-refractivity contribution < 1.29 is 23.5 Å². The molecule has 0 bridgehead atoms. The Labute approximate surface area is 227 Å². The Bertz CT molecular complexity index is 1240. The highest BCUT2D eigenvalue weighted by Crippen LogP contribution is 2.36. The average molecular weight is 539 g/mol. The van der Waals surface area contributed by atoms with Crippen LogP contribution in [0.4, 0.5) is 4.39 Å². The fourth-order valence-electron chi connectivity index (χ4n) is 4.72. The third-order valence-corrected chi connectivity index (χ3v) is 6.99. The van der Waals surface area contributed by atoms with E-state index in [2.05, 4.69) is 0 Å². The molecular weight excluding hydrogens is 507 g/mol. The number of hydrogen-bond acceptors (Lipinski definition) is 4. The molecule has 4 rings (SSSR count). The number of piperidine rings is 1. The summed E-state index contributed by atoms with van der Waals surface area (Å²) in [6.45, 7) is 1.32. The molecule has 6 nitrogen and oxygen atoms in total. The first-order valence-electron chi connectivity index (χ1n) is 12.6. The van der Waals surface area contributed by atoms with Crippen molar-refractivity contribution in [3.8, 4) is 11.5 Å². The van der Waals surface area contributed by atoms with E-state index in [0.29, 0.717) is 36.8 Å². The molecule has 0 aromatic heterocycles. The van der Waals surface area contributed by atoms with E-state index in [9.17, 15) is 14.0 Å². The molecule has 2 amide bonds. The van der Waals surface area contributed by atoms with E-state index < -0.39 is 11.2 Å². The van der Waals surface area contributed by atoms with Crippen molar-refractivity contribution in [3.63, 3.8) is 0 Å². The summed E-state index contributed by atoms with van der Waals surface area (Å²) in [7, 11) is 1.79. The summed E-state index contributed by atoms with van der Waals surface area (Å²) in [5, 5.41) is 0.556. The number of carbonyl (C=O) groups is 2. The lowest BCUT2D eigenvalue weighted by atomic mass is 9.77. The number of nitrogens with zero attached hydrogens (tertiary/aromatic N) is 2. The van der Waals surface area contributed by atoms with Crippen LogP contribution >= 0.6 is 11.6 Å². The predicted molar refractivity (Wildman–Crippen MR) is 145 cm³/mol. The molecule has 3 aromatic rings. The molecule has 3 aromatic carbocycles. The van der Waals surface area contributed by atoms with Crippen molar-refractivity contribution in [3.05, 3.63) is 95.3 Å². The van der Waals surface area contributed by atoms with Gasteiger partial charge in [0.1, 0.15) is 5.75 Å². The van der Waals surface area contributed by atoms with Crippen LogP contribution in [0, 0.1) is 11.2 Å². The molecule has 1 fully saturated rings. The normalized spacial score (nSPS) is 17.1. The summed E-state index contributed by atoms with van der Waals surface area (Å²) < 4.78 is 25.5. The number of rotatable bonds is 10. The van der Waals surface area contributed by atoms with Crippen molar-refractivity contribution in [2.45, 2.75) is 25.8 Å². The fourth-order valence-corrected chi connectivity index (χ4v) is 4.90. The second-order valence-corrected chi connectivity index (χ2v) is 10.2. The summed E-state index contributed by atoms with van der Waals surface area (Å²) in [4.78, 5) is 29.9. The van der Waals surface area contributed by atoms with Gasteiger partial charge in [-0.25, -0.2) is 4.39 Å². The standard InChI is InChI=1S/C30H32ClFN2O4/c1-33(19-23-9-3-2-4-10-23)28(35)18-30(22-38-25-12-7-11-24(31)17-25)15-8-16-34(21-30)29(36)20-37-27-14-6-5-13-26(27)32/h2-7,9-14,17H,8,15-16,18-22H2,1H3/t30-/m1/s1. The first kappa shape index (κ1) is 27.5. The van der Waals surface area contributed by atoms with Crippen molar-refractivity contribution in [1.82, 2.24) is 9.80 Å². The van der Waals surface area contributed by atoms with Crippen LogP contribution in [0.2, 0.25) is 5.02 Å². The van der Waals surface area contributed by atoms with Crippen LogP contribution in [0.5, 0.6) is 11.5 Å². The smallest absolute Gasteiger partial charge is 0.260 e. The molecule has 0 aliphatic carbocycles. The maximum absolute atomic E-state index is 14.0. The van der Waals surface area contributed by atoms with E-state index in [0.717, 1.165) is 12.0 Å². The molecular formula is C30H32ClFN2O4. The highest BCUT2D eigenvalue weighted by atomic mass is 35.5. The zero-order valence-electron chi connectivity index (χ0n) is 21.4. The van der Waals surface area contributed by atoms with Crippen LogP contribution < -0.4 is 9.47 Å². The number of benzene rings is 3. The SMILES string of the molecule is CN(Cc1ccccc1)C(=O)C[C@]1(COc2cccc(Cl)c2)CCCN(C(=O)COc2ccccc2F)C1. The molecule has 0 unspecified atom stereocenters. The van der Waals surface area contributed by atoms with Gasteiger partial charge in [-0.15, -0.1) is 0 Å². The highest BCUT2D eigenvalue weighted by Gasteiger charge is 2.40. The van der Waals surface area contributed by atoms with Crippen LogP contribution in [-0.4, -0.2) is 55.0 Å². The molecule has 1 aliphatic rings. The number of halogens is 2. The van der Waals surface area contributed by atoms with Crippen LogP contribution in [0.25, 0.3) is 0 Å². The lowest BCUT2D eigenvalue weighted by Crippen LogP contribution is -2.51. The quantitative estimate of drug-likeness (QED) is 0.337. The van der Waals surface area contributed by atoms with Crippen molar-refractivity contribution in [2.24, 2.45) is 5.41 Å². The van der Waals surface area contributed by atoms with E-state index in [1.807, 2.05) is 36.4 Å². The molecule has 0 radical (unpaired) electrons. The first-order valence-corrected chi connectivity index (χ1v) is 13.0. The molecule has 8 heteroatoms. The molecule has 1 saturated heterocycles. The zero-order chi connectivity index (χ0) is 27.0. The maximum atomic E-state index is 14.0. The van der Waals surface area contributed by atoms with Gasteiger partial charge in [-0.05, 0) is 48.7 Å². The molecule has 0 N–H and O–H groups in total. The summed E-state index contributed by atoms with van der Waals surface area (Å²) in [6, 6.07) is 22.9. The fraction of sp³-hybridized carbons (Fsp3) is 0.333. The number of para-hydroxylation sites is 1. The molecule has 1 atom stereocenters. The second kappa shape index (κ2) is 12.8. The van der Waals surface area contributed by atoms with Crippen LogP contribution in [0.3, 0.4) is 0 Å². The number of likely N-dealkylation sites (tertiary alicyclic amines) is 1. The summed E-state index contributed by atoms with van der Waals surface area (Å²) >= 11 is 6.13. The molecule has 200 valence electrons. The predicted octanol–water partition coefficient (Wildman–Crippen LogP) is 5.59. The average Bonchev–Trinajstić information content (AvgIpc) is 2.92. The van der Waals surface area contributed by atoms with Crippen molar-refractivity contribution >= 4 is 23.4 Å². The van der Waals surface area contributed by atoms with Gasteiger partial charge in [-0.3, -0.25) is 9.59 Å². The Morgan fingerprint density at radius 3 is 2.55 bits per heavy atom. The Morgan fingerprint density at radius 2 is 1.79 bits per heavy atom. The van der Waals surface area contributed by atoms with Crippen LogP contribution in [-0.2, 0) is 16.1 Å². The third-order valence-electron chi connectivity index (χ3n) is 6.76. The van der Waals surface area contributed by atoms with Gasteiger partial charge >= 0.3 is 0 Å². The van der Waals surface area contributed by atoms with Gasteiger partial charge in [-0.1, -0.05) is 60.1 Å². The third kappa shape index (κ3) is 7.48. The van der Waals surface area contributed by atoms with Gasteiger partial charge in [0.05, 0.1) is 6.61 Å². The lowest BCUT2D eigenvalue weighted by Gasteiger charge is -2.42. The Morgan fingerprint density at radius 1 is 1.03 bits per heavy atom. The lowest BCUT2D eigenvalue weighted by molar-refractivity contribution is -0.142. The number of amides is 2. The molecule has 1 heterocycles. The largest absolute Gasteiger partial charge is 0.493 e. The summed E-state index contributed by atoms with van der Waals surface area (Å²) in [5.41, 5.74) is 0.439. The zero-order valence-corrected chi connectivity index (χ0v) is 22.2. The number of ether oxygens (including phenoxy) is 2.